The molecule has 1 saturated heterocycles. The van der Waals surface area contributed by atoms with Gasteiger partial charge in [0.1, 0.15) is 0 Å². The van der Waals surface area contributed by atoms with Gasteiger partial charge in [-0.15, -0.1) is 0 Å². The van der Waals surface area contributed by atoms with E-state index in [2.05, 4.69) is 15.6 Å². The zero-order valence-electron chi connectivity index (χ0n) is 6.75. The molecule has 0 unspecified atom stereocenters. The lowest BCUT2D eigenvalue weighted by atomic mass is 10.1. The quantitative estimate of drug-likeness (QED) is 0.708. The number of amides is 2. The highest BCUT2D eigenvalue weighted by atomic mass is 35.5. The number of nitrogens with zero attached hydrogens (tertiary/aromatic N) is 1. The van der Waals surface area contributed by atoms with Gasteiger partial charge in [0, 0.05) is 18.9 Å². The van der Waals surface area contributed by atoms with E-state index in [0.717, 1.165) is 5.56 Å². The molecule has 0 aromatic carbocycles. The first-order chi connectivity index (χ1) is 6.27. The molecule has 1 aromatic rings. The van der Waals surface area contributed by atoms with Crippen molar-refractivity contribution in [3.8, 4) is 0 Å². The fraction of sp³-hybridized carbons (Fsp3) is 0.250. The number of urea groups is 1. The van der Waals surface area contributed by atoms with Crippen molar-refractivity contribution in [1.29, 1.82) is 0 Å². The molecule has 2 heterocycles. The number of hydrogen-bond acceptors (Lipinski definition) is 2. The van der Waals surface area contributed by atoms with Crippen LogP contribution in [0, 0.1) is 0 Å². The molecule has 1 atom stereocenters. The lowest BCUT2D eigenvalue weighted by Gasteiger charge is -2.09. The first-order valence-electron chi connectivity index (χ1n) is 3.91. The Bertz CT molecular complexity index is 342. The summed E-state index contributed by atoms with van der Waals surface area (Å²) in [7, 11) is 0. The van der Waals surface area contributed by atoms with Gasteiger partial charge in [-0.3, -0.25) is 4.98 Å². The molecule has 0 bridgehead atoms. The summed E-state index contributed by atoms with van der Waals surface area (Å²) in [5.41, 5.74) is 0.898. The summed E-state index contributed by atoms with van der Waals surface area (Å²) in [6, 6.07) is 1.61. The van der Waals surface area contributed by atoms with Crippen molar-refractivity contribution in [1.82, 2.24) is 15.6 Å². The highest BCUT2D eigenvalue weighted by Crippen LogP contribution is 2.22. The zero-order chi connectivity index (χ0) is 9.26. The normalized spacial score (nSPS) is 21.0. The van der Waals surface area contributed by atoms with Gasteiger partial charge in [-0.05, 0) is 11.6 Å². The molecule has 0 spiro atoms. The maximum Gasteiger partial charge on any atom is 0.315 e. The van der Waals surface area contributed by atoms with Crippen molar-refractivity contribution in [3.05, 3.63) is 29.0 Å². The van der Waals surface area contributed by atoms with Crippen molar-refractivity contribution in [2.75, 3.05) is 6.54 Å². The molecular formula is C8H8ClN3O. The number of pyridine rings is 1. The van der Waals surface area contributed by atoms with Gasteiger partial charge in [0.15, 0.2) is 0 Å². The minimum absolute atomic E-state index is 0.0389. The second-order valence-electron chi connectivity index (χ2n) is 2.80. The number of aromatic nitrogens is 1. The third kappa shape index (κ3) is 1.58. The highest BCUT2D eigenvalue weighted by Gasteiger charge is 2.22. The van der Waals surface area contributed by atoms with Gasteiger partial charge in [-0.25, -0.2) is 4.79 Å². The molecule has 13 heavy (non-hydrogen) atoms. The number of nitrogens with one attached hydrogen (secondary N) is 2. The molecule has 68 valence electrons. The molecule has 4 nitrogen and oxygen atoms in total. The Morgan fingerprint density at radius 2 is 2.46 bits per heavy atom. The Balaban J connectivity index is 2.26. The fourth-order valence-corrected chi connectivity index (χ4v) is 1.56. The standard InChI is InChI=1S/C8H8ClN3O/c9-6-3-10-2-1-5(6)7-4-11-8(13)12-7/h1-3,7H,4H2,(H2,11,12,13)/t7-/m1/s1. The number of rotatable bonds is 1. The van der Waals surface area contributed by atoms with E-state index in [1.54, 1.807) is 18.5 Å². The highest BCUT2D eigenvalue weighted by molar-refractivity contribution is 6.31. The fourth-order valence-electron chi connectivity index (χ4n) is 1.31. The van der Waals surface area contributed by atoms with E-state index in [1.807, 2.05) is 0 Å². The molecule has 0 saturated carbocycles. The van der Waals surface area contributed by atoms with Gasteiger partial charge < -0.3 is 10.6 Å². The van der Waals surface area contributed by atoms with E-state index in [0.29, 0.717) is 11.6 Å². The van der Waals surface area contributed by atoms with Crippen molar-refractivity contribution in [2.24, 2.45) is 0 Å². The van der Waals surface area contributed by atoms with Gasteiger partial charge in [0.2, 0.25) is 0 Å². The predicted molar refractivity (Wildman–Crippen MR) is 48.5 cm³/mol. The van der Waals surface area contributed by atoms with Crippen LogP contribution in [0.1, 0.15) is 11.6 Å². The first-order valence-corrected chi connectivity index (χ1v) is 4.29. The molecule has 1 aliphatic heterocycles. The average molecular weight is 198 g/mol. The van der Waals surface area contributed by atoms with E-state index in [1.165, 1.54) is 0 Å². The SMILES string of the molecule is O=C1NC[C@H](c2ccncc2Cl)N1. The Hall–Kier alpha value is -1.29. The largest absolute Gasteiger partial charge is 0.336 e. The number of hydrogen-bond donors (Lipinski definition) is 2. The minimum atomic E-state index is -0.155. The van der Waals surface area contributed by atoms with Gasteiger partial charge >= 0.3 is 6.03 Å². The molecule has 0 radical (unpaired) electrons. The summed E-state index contributed by atoms with van der Waals surface area (Å²) in [4.78, 5) is 14.7. The average Bonchev–Trinajstić information content (AvgIpc) is 2.53. The Morgan fingerprint density at radius 3 is 3.08 bits per heavy atom. The van der Waals surface area contributed by atoms with Crippen LogP contribution in [0.15, 0.2) is 18.5 Å². The predicted octanol–water partition coefficient (Wildman–Crippen LogP) is 1.09. The first kappa shape index (κ1) is 8.31. The van der Waals surface area contributed by atoms with Crippen LogP contribution in [0.2, 0.25) is 5.02 Å². The zero-order valence-corrected chi connectivity index (χ0v) is 7.51. The van der Waals surface area contributed by atoms with Crippen LogP contribution >= 0.6 is 11.6 Å². The molecule has 2 amide bonds. The molecular weight excluding hydrogens is 190 g/mol. The summed E-state index contributed by atoms with van der Waals surface area (Å²) < 4.78 is 0. The van der Waals surface area contributed by atoms with E-state index in [-0.39, 0.29) is 12.1 Å². The maximum atomic E-state index is 10.9. The van der Waals surface area contributed by atoms with Crippen molar-refractivity contribution in [3.63, 3.8) is 0 Å². The van der Waals surface area contributed by atoms with E-state index < -0.39 is 0 Å². The third-order valence-corrected chi connectivity index (χ3v) is 2.27. The lowest BCUT2D eigenvalue weighted by Crippen LogP contribution is -2.21. The van der Waals surface area contributed by atoms with Crippen LogP contribution in [0.5, 0.6) is 0 Å². The van der Waals surface area contributed by atoms with E-state index in [9.17, 15) is 4.79 Å². The van der Waals surface area contributed by atoms with Crippen molar-refractivity contribution in [2.45, 2.75) is 6.04 Å². The second-order valence-corrected chi connectivity index (χ2v) is 3.21. The number of carbonyl (C=O) groups is 1. The monoisotopic (exact) mass is 197 g/mol. The molecule has 2 rings (SSSR count). The van der Waals surface area contributed by atoms with Gasteiger partial charge in [0.25, 0.3) is 0 Å². The van der Waals surface area contributed by atoms with Gasteiger partial charge in [-0.1, -0.05) is 11.6 Å². The molecule has 5 heteroatoms. The smallest absolute Gasteiger partial charge is 0.315 e. The van der Waals surface area contributed by atoms with Crippen LogP contribution in [0.3, 0.4) is 0 Å². The van der Waals surface area contributed by atoms with Crippen LogP contribution in [-0.2, 0) is 0 Å². The Labute approximate surface area is 80.3 Å². The summed E-state index contributed by atoms with van der Waals surface area (Å²) in [6.45, 7) is 0.572. The van der Waals surface area contributed by atoms with Gasteiger partial charge in [0.05, 0.1) is 11.1 Å². The van der Waals surface area contributed by atoms with Crippen LogP contribution in [0.25, 0.3) is 0 Å². The van der Waals surface area contributed by atoms with Gasteiger partial charge in [-0.2, -0.15) is 0 Å². The van der Waals surface area contributed by atoms with Crippen molar-refractivity contribution < 1.29 is 4.79 Å². The maximum absolute atomic E-state index is 10.9. The third-order valence-electron chi connectivity index (χ3n) is 1.95. The number of carbonyl (C=O) groups excluding carboxylic acids is 1. The van der Waals surface area contributed by atoms with Crippen molar-refractivity contribution >= 4 is 17.6 Å². The van der Waals surface area contributed by atoms with E-state index in [4.69, 9.17) is 11.6 Å². The topological polar surface area (TPSA) is 54.0 Å². The second kappa shape index (κ2) is 3.22. The molecule has 2 N–H and O–H groups in total. The Morgan fingerprint density at radius 1 is 1.62 bits per heavy atom. The van der Waals surface area contributed by atoms with Crippen LogP contribution < -0.4 is 10.6 Å². The summed E-state index contributed by atoms with van der Waals surface area (Å²) >= 11 is 5.91. The minimum Gasteiger partial charge on any atom is -0.336 e. The molecule has 1 fully saturated rings. The summed E-state index contributed by atoms with van der Waals surface area (Å²) in [5, 5.41) is 5.99. The number of halogens is 1. The summed E-state index contributed by atoms with van der Waals surface area (Å²) in [6.07, 6.45) is 3.23. The lowest BCUT2D eigenvalue weighted by molar-refractivity contribution is 0.247. The molecule has 1 aliphatic rings. The summed E-state index contributed by atoms with van der Waals surface area (Å²) in [5.74, 6) is 0. The van der Waals surface area contributed by atoms with Crippen LogP contribution in [0.4, 0.5) is 4.79 Å². The molecule has 1 aromatic heterocycles. The molecule has 0 aliphatic carbocycles. The van der Waals surface area contributed by atoms with E-state index >= 15 is 0 Å². The Kier molecular flexibility index (Phi) is 2.06. The van der Waals surface area contributed by atoms with Crippen LogP contribution in [-0.4, -0.2) is 17.6 Å².